The lowest BCUT2D eigenvalue weighted by Crippen LogP contribution is -2.13. The molecule has 10 rings (SSSR count). The van der Waals surface area contributed by atoms with Crippen LogP contribution in [0.2, 0.25) is 0 Å². The minimum Gasteiger partial charge on any atom is -0.309 e. The van der Waals surface area contributed by atoms with Gasteiger partial charge in [-0.3, -0.25) is 0 Å². The second-order valence-electron chi connectivity index (χ2n) is 14.1. The first-order chi connectivity index (χ1) is 27.8. The van der Waals surface area contributed by atoms with Crippen LogP contribution in [0, 0.1) is 0 Å². The molecule has 56 heavy (non-hydrogen) atoms. The van der Waals surface area contributed by atoms with E-state index in [2.05, 4.69) is 240 Å². The van der Waals surface area contributed by atoms with E-state index >= 15 is 0 Å². The van der Waals surface area contributed by atoms with Crippen molar-refractivity contribution in [2.45, 2.75) is 0 Å². The maximum atomic E-state index is 2.49. The van der Waals surface area contributed by atoms with E-state index in [1.165, 1.54) is 55.3 Å². The third-order valence-corrected chi connectivity index (χ3v) is 10.8. The van der Waals surface area contributed by atoms with Crippen LogP contribution < -0.4 is 4.90 Å². The Morgan fingerprint density at radius 2 is 0.679 bits per heavy atom. The van der Waals surface area contributed by atoms with Gasteiger partial charge in [0.2, 0.25) is 0 Å². The van der Waals surface area contributed by atoms with Crippen molar-refractivity contribution in [1.29, 1.82) is 0 Å². The van der Waals surface area contributed by atoms with Crippen LogP contribution in [0.25, 0.3) is 72.0 Å². The smallest absolute Gasteiger partial charge is 0.0562 e. The molecule has 0 saturated carbocycles. The molecule has 0 bridgehead atoms. The SMILES string of the molecule is c1ccc(-c2ccccc2-c2ccccc2-n2c3ccccc3c3c(N(c4ccccc4-c4ccccc4)c4ccccc4-c4ccccc4)cccc32)cc1. The molecular weight excluding hydrogens is 677 g/mol. The van der Waals surface area contributed by atoms with Crippen molar-refractivity contribution < 1.29 is 0 Å². The summed E-state index contributed by atoms with van der Waals surface area (Å²) in [6, 6.07) is 83.1. The highest BCUT2D eigenvalue weighted by molar-refractivity contribution is 6.17. The van der Waals surface area contributed by atoms with E-state index in [1.54, 1.807) is 0 Å². The molecule has 0 amide bonds. The van der Waals surface area contributed by atoms with E-state index in [1.807, 2.05) is 0 Å². The molecule has 0 aliphatic carbocycles. The zero-order chi connectivity index (χ0) is 37.3. The van der Waals surface area contributed by atoms with Crippen molar-refractivity contribution in [1.82, 2.24) is 4.57 Å². The number of nitrogens with zero attached hydrogens (tertiary/aromatic N) is 2. The lowest BCUT2D eigenvalue weighted by atomic mass is 9.93. The van der Waals surface area contributed by atoms with Crippen molar-refractivity contribution in [2.75, 3.05) is 4.90 Å². The Bertz CT molecular complexity index is 2880. The van der Waals surface area contributed by atoms with Gasteiger partial charge in [0.15, 0.2) is 0 Å². The standard InChI is InChI=1S/C54H38N2/c1-4-21-39(22-5-1)42-27-10-11-30-45(42)46-31-14-18-35-50(46)56-51-36-19-15-32-47(51)54-52(37-20-38-53(54)56)55(48-33-16-12-28-43(48)40-23-6-2-7-24-40)49-34-17-13-29-44(49)41-25-8-3-9-26-41/h1-38H. The third kappa shape index (κ3) is 5.76. The monoisotopic (exact) mass is 714 g/mol. The molecule has 1 aromatic heterocycles. The summed E-state index contributed by atoms with van der Waals surface area (Å²) >= 11 is 0. The Hall–Kier alpha value is -7.42. The molecule has 2 heteroatoms. The summed E-state index contributed by atoms with van der Waals surface area (Å²) in [7, 11) is 0. The predicted octanol–water partition coefficient (Wildman–Crippen LogP) is 14.9. The summed E-state index contributed by atoms with van der Waals surface area (Å²) in [5, 5.41) is 2.39. The Labute approximate surface area is 327 Å². The maximum absolute atomic E-state index is 2.49. The number of hydrogen-bond acceptors (Lipinski definition) is 1. The van der Waals surface area contributed by atoms with Gasteiger partial charge in [-0.1, -0.05) is 194 Å². The summed E-state index contributed by atoms with van der Waals surface area (Å²) < 4.78 is 2.47. The molecule has 264 valence electrons. The maximum Gasteiger partial charge on any atom is 0.0562 e. The number of aromatic nitrogens is 1. The highest BCUT2D eigenvalue weighted by atomic mass is 15.2. The average Bonchev–Trinajstić information content (AvgIpc) is 3.63. The van der Waals surface area contributed by atoms with E-state index in [0.29, 0.717) is 0 Å². The fraction of sp³-hybridized carbons (Fsp3) is 0. The van der Waals surface area contributed by atoms with Gasteiger partial charge in [-0.2, -0.15) is 0 Å². The van der Waals surface area contributed by atoms with Crippen molar-refractivity contribution in [3.63, 3.8) is 0 Å². The summed E-state index contributed by atoms with van der Waals surface area (Å²) in [6.45, 7) is 0. The number of para-hydroxylation sites is 4. The van der Waals surface area contributed by atoms with Gasteiger partial charge in [-0.05, 0) is 64.2 Å². The molecule has 0 unspecified atom stereocenters. The largest absolute Gasteiger partial charge is 0.309 e. The lowest BCUT2D eigenvalue weighted by molar-refractivity contribution is 1.18. The molecule has 0 saturated heterocycles. The third-order valence-electron chi connectivity index (χ3n) is 10.8. The van der Waals surface area contributed by atoms with Crippen molar-refractivity contribution in [2.24, 2.45) is 0 Å². The van der Waals surface area contributed by atoms with Crippen LogP contribution in [0.3, 0.4) is 0 Å². The molecule has 9 aromatic carbocycles. The van der Waals surface area contributed by atoms with Gasteiger partial charge in [-0.15, -0.1) is 0 Å². The number of benzene rings is 9. The van der Waals surface area contributed by atoms with Crippen LogP contribution in [-0.4, -0.2) is 4.57 Å². The Morgan fingerprint density at radius 3 is 1.29 bits per heavy atom. The molecule has 0 N–H and O–H groups in total. The number of anilines is 3. The van der Waals surface area contributed by atoms with Crippen molar-refractivity contribution in [3.05, 3.63) is 231 Å². The van der Waals surface area contributed by atoms with Gasteiger partial charge in [0, 0.05) is 27.5 Å². The summed E-state index contributed by atoms with van der Waals surface area (Å²) in [4.78, 5) is 2.49. The van der Waals surface area contributed by atoms with E-state index in [9.17, 15) is 0 Å². The van der Waals surface area contributed by atoms with Crippen LogP contribution in [0.15, 0.2) is 231 Å². The molecule has 10 aromatic rings. The lowest BCUT2D eigenvalue weighted by Gasteiger charge is -2.30. The molecule has 0 aliphatic rings. The Balaban J connectivity index is 1.28. The second-order valence-corrected chi connectivity index (χ2v) is 14.1. The van der Waals surface area contributed by atoms with Crippen LogP contribution in [0.5, 0.6) is 0 Å². The van der Waals surface area contributed by atoms with Crippen LogP contribution >= 0.6 is 0 Å². The molecule has 0 fully saturated rings. The number of fused-ring (bicyclic) bond motifs is 3. The number of rotatable bonds is 8. The van der Waals surface area contributed by atoms with E-state index < -0.39 is 0 Å². The Morgan fingerprint density at radius 1 is 0.268 bits per heavy atom. The van der Waals surface area contributed by atoms with E-state index in [4.69, 9.17) is 0 Å². The molecule has 1 heterocycles. The molecule has 0 atom stereocenters. The minimum atomic E-state index is 1.11. The predicted molar refractivity (Wildman–Crippen MR) is 237 cm³/mol. The fourth-order valence-corrected chi connectivity index (χ4v) is 8.38. The highest BCUT2D eigenvalue weighted by Crippen LogP contribution is 2.49. The molecule has 0 spiro atoms. The quantitative estimate of drug-likeness (QED) is 0.152. The van der Waals surface area contributed by atoms with Crippen LogP contribution in [-0.2, 0) is 0 Å². The van der Waals surface area contributed by atoms with E-state index in [0.717, 1.165) is 33.8 Å². The number of hydrogen-bond donors (Lipinski definition) is 0. The molecule has 0 radical (unpaired) electrons. The average molecular weight is 715 g/mol. The zero-order valence-corrected chi connectivity index (χ0v) is 30.8. The summed E-state index contributed by atoms with van der Waals surface area (Å²) in [5.41, 5.74) is 16.3. The molecular formula is C54H38N2. The highest BCUT2D eigenvalue weighted by Gasteiger charge is 2.25. The van der Waals surface area contributed by atoms with Gasteiger partial charge >= 0.3 is 0 Å². The fourth-order valence-electron chi connectivity index (χ4n) is 8.38. The van der Waals surface area contributed by atoms with Gasteiger partial charge in [0.05, 0.1) is 33.8 Å². The van der Waals surface area contributed by atoms with E-state index in [-0.39, 0.29) is 0 Å². The molecule has 0 aliphatic heterocycles. The van der Waals surface area contributed by atoms with Crippen molar-refractivity contribution >= 4 is 38.9 Å². The van der Waals surface area contributed by atoms with Gasteiger partial charge in [-0.25, -0.2) is 0 Å². The first-order valence-electron chi connectivity index (χ1n) is 19.2. The van der Waals surface area contributed by atoms with Gasteiger partial charge in [0.25, 0.3) is 0 Å². The normalized spacial score (nSPS) is 11.2. The first-order valence-corrected chi connectivity index (χ1v) is 19.2. The second kappa shape index (κ2) is 14.4. The summed E-state index contributed by atoms with van der Waals surface area (Å²) in [5.74, 6) is 0. The molecule has 2 nitrogen and oxygen atoms in total. The van der Waals surface area contributed by atoms with Crippen molar-refractivity contribution in [3.8, 4) is 50.2 Å². The van der Waals surface area contributed by atoms with Gasteiger partial charge < -0.3 is 9.47 Å². The Kier molecular flexibility index (Phi) is 8.55. The summed E-state index contributed by atoms with van der Waals surface area (Å²) in [6.07, 6.45) is 0. The zero-order valence-electron chi connectivity index (χ0n) is 30.8. The first kappa shape index (κ1) is 33.2. The topological polar surface area (TPSA) is 8.17 Å². The minimum absolute atomic E-state index is 1.11. The van der Waals surface area contributed by atoms with Crippen LogP contribution in [0.1, 0.15) is 0 Å². The van der Waals surface area contributed by atoms with Crippen LogP contribution in [0.4, 0.5) is 17.1 Å². The van der Waals surface area contributed by atoms with Gasteiger partial charge in [0.1, 0.15) is 0 Å².